The van der Waals surface area contributed by atoms with Crippen molar-refractivity contribution in [1.82, 2.24) is 25.6 Å². The highest BCUT2D eigenvalue weighted by Gasteiger charge is 2.06. The van der Waals surface area contributed by atoms with E-state index in [1.54, 1.807) is 6.07 Å². The molecule has 0 aliphatic carbocycles. The molecule has 0 radical (unpaired) electrons. The summed E-state index contributed by atoms with van der Waals surface area (Å²) in [6.07, 6.45) is 1.29. The summed E-state index contributed by atoms with van der Waals surface area (Å²) in [6, 6.07) is 5.82. The quantitative estimate of drug-likeness (QED) is 0.419. The van der Waals surface area contributed by atoms with E-state index in [1.807, 2.05) is 0 Å². The smallest absolute Gasteiger partial charge is 0.270 e. The van der Waals surface area contributed by atoms with Crippen LogP contribution in [0.4, 0.5) is 11.6 Å². The highest BCUT2D eigenvalue weighted by atomic mass is 16.6. The molecule has 1 heterocycles. The molecule has 21 heavy (non-hydrogen) atoms. The van der Waals surface area contributed by atoms with Gasteiger partial charge in [-0.1, -0.05) is 17.2 Å². The fraction of sp³-hybridized carbons (Fsp3) is 0.100. The van der Waals surface area contributed by atoms with E-state index in [9.17, 15) is 14.9 Å². The number of carbonyl (C=O) groups excluding carboxylic acids is 1. The number of carbonyl (C=O) groups is 1. The Morgan fingerprint density at radius 3 is 3.05 bits per heavy atom. The minimum Gasteiger partial charge on any atom is -0.365 e. The molecule has 0 saturated heterocycles. The first-order valence-electron chi connectivity index (χ1n) is 5.64. The van der Waals surface area contributed by atoms with E-state index in [1.165, 1.54) is 24.4 Å². The number of nitro groups is 1. The second-order valence-corrected chi connectivity index (χ2v) is 3.82. The molecule has 0 atom stereocenters. The van der Waals surface area contributed by atoms with Crippen LogP contribution in [0.25, 0.3) is 0 Å². The molecule has 11 heteroatoms. The van der Waals surface area contributed by atoms with Crippen LogP contribution in [-0.2, 0) is 11.3 Å². The summed E-state index contributed by atoms with van der Waals surface area (Å²) in [5.74, 6) is -0.531. The van der Waals surface area contributed by atoms with E-state index in [0.717, 1.165) is 4.80 Å². The lowest BCUT2D eigenvalue weighted by molar-refractivity contribution is -0.384. The Labute approximate surface area is 117 Å². The molecule has 0 aliphatic rings. The molecule has 2 aromatic rings. The van der Waals surface area contributed by atoms with Crippen molar-refractivity contribution in [2.75, 3.05) is 5.73 Å². The standard InChI is InChI=1S/C10H10N8O3/c11-10-14-16-17(15-10)6-9(19)13-12-5-7-2-1-3-8(4-7)18(20)21/h1-5H,6H2,(H2,11,15)(H,13,19). The lowest BCUT2D eigenvalue weighted by Crippen LogP contribution is -2.24. The molecule has 0 fully saturated rings. The number of nitrogens with zero attached hydrogens (tertiary/aromatic N) is 6. The van der Waals surface area contributed by atoms with Crippen LogP contribution >= 0.6 is 0 Å². The van der Waals surface area contributed by atoms with Gasteiger partial charge >= 0.3 is 0 Å². The topological polar surface area (TPSA) is 154 Å². The number of non-ortho nitro benzene ring substituents is 1. The van der Waals surface area contributed by atoms with Gasteiger partial charge in [0.25, 0.3) is 17.5 Å². The van der Waals surface area contributed by atoms with E-state index >= 15 is 0 Å². The van der Waals surface area contributed by atoms with Gasteiger partial charge in [-0.25, -0.2) is 5.43 Å². The molecule has 0 aliphatic heterocycles. The van der Waals surface area contributed by atoms with Crippen LogP contribution in [0.1, 0.15) is 5.56 Å². The highest BCUT2D eigenvalue weighted by Crippen LogP contribution is 2.11. The van der Waals surface area contributed by atoms with E-state index < -0.39 is 10.8 Å². The van der Waals surface area contributed by atoms with Gasteiger partial charge in [-0.2, -0.15) is 9.90 Å². The van der Waals surface area contributed by atoms with Crippen LogP contribution in [0.15, 0.2) is 29.4 Å². The van der Waals surface area contributed by atoms with Gasteiger partial charge in [0.05, 0.1) is 11.1 Å². The largest absolute Gasteiger partial charge is 0.365 e. The first kappa shape index (κ1) is 14.0. The molecule has 0 saturated carbocycles. The number of nitrogens with one attached hydrogen (secondary N) is 1. The SMILES string of the molecule is Nc1nnn(CC(=O)NN=Cc2cccc([N+](=O)[O-])c2)n1. The predicted octanol–water partition coefficient (Wildman–Crippen LogP) is -0.686. The highest BCUT2D eigenvalue weighted by molar-refractivity contribution is 5.82. The third kappa shape index (κ3) is 4.05. The monoisotopic (exact) mass is 290 g/mol. The Bertz CT molecular complexity index is 695. The molecule has 1 aromatic heterocycles. The van der Waals surface area contributed by atoms with Gasteiger partial charge in [0.1, 0.15) is 6.54 Å². The zero-order valence-electron chi connectivity index (χ0n) is 10.6. The minimum absolute atomic E-state index is 0.0390. The first-order chi connectivity index (χ1) is 10.0. The lowest BCUT2D eigenvalue weighted by atomic mass is 10.2. The van der Waals surface area contributed by atoms with Crippen LogP contribution in [0.5, 0.6) is 0 Å². The van der Waals surface area contributed by atoms with Gasteiger partial charge in [0.15, 0.2) is 0 Å². The molecule has 0 bridgehead atoms. The maximum atomic E-state index is 11.5. The Balaban J connectivity index is 1.91. The van der Waals surface area contributed by atoms with Gasteiger partial charge in [-0.15, -0.1) is 5.10 Å². The second kappa shape index (κ2) is 6.18. The second-order valence-electron chi connectivity index (χ2n) is 3.82. The summed E-state index contributed by atoms with van der Waals surface area (Å²) in [6.45, 7) is -0.198. The van der Waals surface area contributed by atoms with Crippen LogP contribution in [0, 0.1) is 10.1 Å². The average Bonchev–Trinajstić information content (AvgIpc) is 2.84. The summed E-state index contributed by atoms with van der Waals surface area (Å²) in [5, 5.41) is 24.8. The maximum Gasteiger partial charge on any atom is 0.270 e. The molecule has 0 spiro atoms. The van der Waals surface area contributed by atoms with Crippen molar-refractivity contribution >= 4 is 23.8 Å². The summed E-state index contributed by atoms with van der Waals surface area (Å²) < 4.78 is 0. The molecular weight excluding hydrogens is 280 g/mol. The Morgan fingerprint density at radius 1 is 1.57 bits per heavy atom. The zero-order chi connectivity index (χ0) is 15.2. The molecule has 3 N–H and O–H groups in total. The Morgan fingerprint density at radius 2 is 2.38 bits per heavy atom. The fourth-order valence-electron chi connectivity index (χ4n) is 1.38. The summed E-state index contributed by atoms with van der Waals surface area (Å²) in [7, 11) is 0. The first-order valence-corrected chi connectivity index (χ1v) is 5.64. The number of aromatic nitrogens is 4. The van der Waals surface area contributed by atoms with E-state index in [0.29, 0.717) is 5.56 Å². The Hall–Kier alpha value is -3.37. The molecular formula is C10H10N8O3. The molecule has 1 aromatic carbocycles. The van der Waals surface area contributed by atoms with Crippen molar-refractivity contribution in [2.45, 2.75) is 6.54 Å². The van der Waals surface area contributed by atoms with Gasteiger partial charge < -0.3 is 5.73 Å². The van der Waals surface area contributed by atoms with E-state index in [-0.39, 0.29) is 18.2 Å². The lowest BCUT2D eigenvalue weighted by Gasteiger charge is -1.98. The van der Waals surface area contributed by atoms with Gasteiger partial charge in [0.2, 0.25) is 0 Å². The number of nitrogens with two attached hydrogens (primary N) is 1. The number of hydrogen-bond donors (Lipinski definition) is 2. The van der Waals surface area contributed by atoms with Crippen molar-refractivity contribution < 1.29 is 9.72 Å². The summed E-state index contributed by atoms with van der Waals surface area (Å²) in [5.41, 5.74) is 7.89. The Kier molecular flexibility index (Phi) is 4.14. The molecule has 108 valence electrons. The number of nitrogen functional groups attached to an aromatic ring is 1. The summed E-state index contributed by atoms with van der Waals surface area (Å²) in [4.78, 5) is 22.6. The zero-order valence-corrected chi connectivity index (χ0v) is 10.6. The maximum absolute atomic E-state index is 11.5. The van der Waals surface area contributed by atoms with Crippen molar-refractivity contribution in [3.8, 4) is 0 Å². The molecule has 11 nitrogen and oxygen atoms in total. The number of hydrogen-bond acceptors (Lipinski definition) is 8. The van der Waals surface area contributed by atoms with Crippen molar-refractivity contribution in [3.05, 3.63) is 39.9 Å². The third-order valence-electron chi connectivity index (χ3n) is 2.24. The normalized spacial score (nSPS) is 10.7. The third-order valence-corrected chi connectivity index (χ3v) is 2.24. The summed E-state index contributed by atoms with van der Waals surface area (Å²) >= 11 is 0. The average molecular weight is 290 g/mol. The molecule has 1 amide bonds. The van der Waals surface area contributed by atoms with Crippen LogP contribution in [0.3, 0.4) is 0 Å². The number of amides is 1. The van der Waals surface area contributed by atoms with Gasteiger partial charge in [0, 0.05) is 17.7 Å². The number of tetrazole rings is 1. The fourth-order valence-corrected chi connectivity index (χ4v) is 1.38. The number of anilines is 1. The van der Waals surface area contributed by atoms with Crippen molar-refractivity contribution in [1.29, 1.82) is 0 Å². The van der Waals surface area contributed by atoms with Crippen LogP contribution in [0.2, 0.25) is 0 Å². The predicted molar refractivity (Wildman–Crippen MR) is 71.1 cm³/mol. The van der Waals surface area contributed by atoms with Crippen LogP contribution in [-0.4, -0.2) is 37.3 Å². The number of benzene rings is 1. The van der Waals surface area contributed by atoms with Gasteiger partial charge in [-0.05, 0) is 5.21 Å². The number of nitro benzene ring substituents is 1. The number of hydrazone groups is 1. The van der Waals surface area contributed by atoms with E-state index in [2.05, 4.69) is 25.9 Å². The van der Waals surface area contributed by atoms with Crippen LogP contribution < -0.4 is 11.2 Å². The van der Waals surface area contributed by atoms with Crippen molar-refractivity contribution in [3.63, 3.8) is 0 Å². The van der Waals surface area contributed by atoms with E-state index in [4.69, 9.17) is 5.73 Å². The minimum atomic E-state index is -0.517. The molecule has 2 rings (SSSR count). The van der Waals surface area contributed by atoms with Crippen molar-refractivity contribution in [2.24, 2.45) is 5.10 Å². The number of rotatable bonds is 5. The molecule has 0 unspecified atom stereocenters. The van der Waals surface area contributed by atoms with Gasteiger partial charge in [-0.3, -0.25) is 14.9 Å².